The van der Waals surface area contributed by atoms with Gasteiger partial charge >= 0.3 is 11.4 Å². The topological polar surface area (TPSA) is 95.3 Å². The van der Waals surface area contributed by atoms with E-state index in [1.807, 2.05) is 18.2 Å². The number of hydrogen-bond acceptors (Lipinski definition) is 5. The minimum atomic E-state index is -0.521. The van der Waals surface area contributed by atoms with Crippen molar-refractivity contribution in [2.45, 2.75) is 25.9 Å². The van der Waals surface area contributed by atoms with Gasteiger partial charge < -0.3 is 9.32 Å². The average Bonchev–Trinajstić information content (AvgIpc) is 3.23. The summed E-state index contributed by atoms with van der Waals surface area (Å²) in [6.07, 6.45) is 3.28. The first-order valence-electron chi connectivity index (χ1n) is 10.4. The van der Waals surface area contributed by atoms with E-state index in [4.69, 9.17) is 4.42 Å². The minimum absolute atomic E-state index is 0.0345. The fourth-order valence-electron chi connectivity index (χ4n) is 4.42. The third kappa shape index (κ3) is 3.35. The molecule has 1 amide bonds. The number of piperidine rings is 1. The van der Waals surface area contributed by atoms with Gasteiger partial charge in [-0.1, -0.05) is 12.1 Å². The van der Waals surface area contributed by atoms with Crippen molar-refractivity contribution in [3.63, 3.8) is 0 Å². The summed E-state index contributed by atoms with van der Waals surface area (Å²) in [6.45, 7) is 1.75. The second-order valence-electron chi connectivity index (χ2n) is 8.04. The average molecular weight is 421 g/mol. The molecular weight excluding hydrogens is 398 g/mol. The fourth-order valence-corrected chi connectivity index (χ4v) is 4.42. The third-order valence-corrected chi connectivity index (χ3v) is 6.18. The first kappa shape index (κ1) is 19.3. The van der Waals surface area contributed by atoms with Crippen LogP contribution in [0.1, 0.15) is 12.8 Å². The summed E-state index contributed by atoms with van der Waals surface area (Å²) in [7, 11) is 1.76. The van der Waals surface area contributed by atoms with Gasteiger partial charge in [0.2, 0.25) is 5.91 Å². The smallest absolute Gasteiger partial charge is 0.408 e. The molecule has 160 valence electrons. The number of imidazole rings is 1. The van der Waals surface area contributed by atoms with Crippen LogP contribution in [0.2, 0.25) is 0 Å². The lowest BCUT2D eigenvalue weighted by Crippen LogP contribution is -2.42. The molecule has 3 aromatic heterocycles. The van der Waals surface area contributed by atoms with E-state index in [1.54, 1.807) is 45.5 Å². The second kappa shape index (κ2) is 7.57. The summed E-state index contributed by atoms with van der Waals surface area (Å²) in [6, 6.07) is 10.8. The summed E-state index contributed by atoms with van der Waals surface area (Å²) >= 11 is 0. The molecule has 1 fully saturated rings. The van der Waals surface area contributed by atoms with Crippen LogP contribution < -0.4 is 11.4 Å². The van der Waals surface area contributed by atoms with E-state index >= 15 is 0 Å². The number of nitrogens with zero attached hydrogens (tertiary/aromatic N) is 5. The third-order valence-electron chi connectivity index (χ3n) is 6.18. The van der Waals surface area contributed by atoms with Crippen molar-refractivity contribution in [2.75, 3.05) is 13.1 Å². The highest BCUT2D eigenvalue weighted by Gasteiger charge is 2.25. The van der Waals surface area contributed by atoms with Crippen LogP contribution in [0.15, 0.2) is 56.6 Å². The zero-order valence-electron chi connectivity index (χ0n) is 17.2. The Kier molecular flexibility index (Phi) is 4.72. The van der Waals surface area contributed by atoms with Crippen molar-refractivity contribution in [1.29, 1.82) is 0 Å². The van der Waals surface area contributed by atoms with Crippen LogP contribution in [0.4, 0.5) is 0 Å². The van der Waals surface area contributed by atoms with Crippen LogP contribution in [0.25, 0.3) is 22.3 Å². The predicted octanol–water partition coefficient (Wildman–Crippen LogP) is 1.58. The number of oxazole rings is 1. The van der Waals surface area contributed by atoms with Gasteiger partial charge in [-0.15, -0.1) is 0 Å². The van der Waals surface area contributed by atoms with E-state index in [-0.39, 0.29) is 24.1 Å². The molecule has 0 radical (unpaired) electrons. The van der Waals surface area contributed by atoms with Gasteiger partial charge in [-0.05, 0) is 43.0 Å². The normalized spacial score (nSPS) is 15.2. The number of aromatic nitrogens is 4. The zero-order chi connectivity index (χ0) is 21.5. The molecule has 0 unspecified atom stereocenters. The number of pyridine rings is 1. The lowest BCUT2D eigenvalue weighted by molar-refractivity contribution is -0.133. The number of benzene rings is 1. The lowest BCUT2D eigenvalue weighted by atomic mass is 9.96. The van der Waals surface area contributed by atoms with Crippen LogP contribution in [-0.2, 0) is 24.9 Å². The van der Waals surface area contributed by atoms with Gasteiger partial charge in [0.1, 0.15) is 6.54 Å². The Bertz CT molecular complexity index is 1380. The standard InChI is InChI=1S/C22H23N5O4/c1-24-17-6-4-10-23-20(17)27(21(24)29)13-15-8-11-25(12-9-15)19(28)14-26-16-5-2-3-7-18(16)31-22(26)30/h2-7,10,15H,8-9,11-14H2,1H3. The number of fused-ring (bicyclic) bond motifs is 2. The maximum absolute atomic E-state index is 12.8. The number of rotatable bonds is 4. The van der Waals surface area contributed by atoms with Crippen LogP contribution in [-0.4, -0.2) is 42.6 Å². The molecule has 4 heterocycles. The highest BCUT2D eigenvalue weighted by atomic mass is 16.4. The highest BCUT2D eigenvalue weighted by molar-refractivity contribution is 5.79. The number of para-hydroxylation sites is 2. The highest BCUT2D eigenvalue weighted by Crippen LogP contribution is 2.21. The minimum Gasteiger partial charge on any atom is -0.408 e. The van der Waals surface area contributed by atoms with Gasteiger partial charge in [-0.2, -0.15) is 0 Å². The maximum Gasteiger partial charge on any atom is 0.420 e. The van der Waals surface area contributed by atoms with Gasteiger partial charge in [0, 0.05) is 32.9 Å². The Morgan fingerprint density at radius 1 is 1.06 bits per heavy atom. The van der Waals surface area contributed by atoms with Crippen LogP contribution in [0, 0.1) is 5.92 Å². The molecule has 1 aliphatic heterocycles. The lowest BCUT2D eigenvalue weighted by Gasteiger charge is -2.32. The Morgan fingerprint density at radius 2 is 1.81 bits per heavy atom. The summed E-state index contributed by atoms with van der Waals surface area (Å²) in [5.74, 6) is -0.338. The molecule has 31 heavy (non-hydrogen) atoms. The Morgan fingerprint density at radius 3 is 2.61 bits per heavy atom. The Balaban J connectivity index is 1.26. The van der Waals surface area contributed by atoms with Crippen molar-refractivity contribution in [3.8, 4) is 0 Å². The molecule has 4 aromatic rings. The predicted molar refractivity (Wildman–Crippen MR) is 115 cm³/mol. The van der Waals surface area contributed by atoms with Crippen molar-refractivity contribution in [2.24, 2.45) is 13.0 Å². The molecule has 1 aromatic carbocycles. The number of carbonyl (C=O) groups is 1. The molecule has 0 atom stereocenters. The molecule has 0 aliphatic carbocycles. The molecular formula is C22H23N5O4. The van der Waals surface area contributed by atoms with E-state index < -0.39 is 5.76 Å². The monoisotopic (exact) mass is 421 g/mol. The van der Waals surface area contributed by atoms with Gasteiger partial charge in [-0.3, -0.25) is 18.5 Å². The van der Waals surface area contributed by atoms with E-state index in [0.29, 0.717) is 36.4 Å². The second-order valence-corrected chi connectivity index (χ2v) is 8.04. The molecule has 9 heteroatoms. The first-order chi connectivity index (χ1) is 15.0. The molecule has 5 rings (SSSR count). The van der Waals surface area contributed by atoms with E-state index in [1.165, 1.54) is 4.57 Å². The maximum atomic E-state index is 12.8. The molecule has 0 N–H and O–H groups in total. The first-order valence-corrected chi connectivity index (χ1v) is 10.4. The Labute approximate surface area is 177 Å². The molecule has 1 saturated heterocycles. The summed E-state index contributed by atoms with van der Waals surface area (Å²) in [5.41, 5.74) is 2.54. The summed E-state index contributed by atoms with van der Waals surface area (Å²) in [4.78, 5) is 43.8. The number of amides is 1. The van der Waals surface area contributed by atoms with Crippen LogP contribution in [0.5, 0.6) is 0 Å². The van der Waals surface area contributed by atoms with Crippen molar-refractivity contribution in [1.82, 2.24) is 23.6 Å². The van der Waals surface area contributed by atoms with Crippen LogP contribution >= 0.6 is 0 Å². The zero-order valence-corrected chi connectivity index (χ0v) is 17.2. The van der Waals surface area contributed by atoms with Crippen molar-refractivity contribution >= 4 is 28.2 Å². The Hall–Kier alpha value is -3.62. The molecule has 1 aliphatic rings. The quantitative estimate of drug-likeness (QED) is 0.499. The largest absolute Gasteiger partial charge is 0.420 e. The van der Waals surface area contributed by atoms with Gasteiger partial charge in [0.15, 0.2) is 11.2 Å². The van der Waals surface area contributed by atoms with Gasteiger partial charge in [0.05, 0.1) is 11.0 Å². The molecule has 9 nitrogen and oxygen atoms in total. The van der Waals surface area contributed by atoms with Crippen molar-refractivity contribution < 1.29 is 9.21 Å². The van der Waals surface area contributed by atoms with E-state index in [2.05, 4.69) is 4.98 Å². The fraction of sp³-hybridized carbons (Fsp3) is 0.364. The van der Waals surface area contributed by atoms with Crippen molar-refractivity contribution in [3.05, 3.63) is 63.6 Å². The van der Waals surface area contributed by atoms with E-state index in [0.717, 1.165) is 18.4 Å². The summed E-state index contributed by atoms with van der Waals surface area (Å²) < 4.78 is 9.95. The van der Waals surface area contributed by atoms with Gasteiger partial charge in [0.25, 0.3) is 0 Å². The molecule has 0 bridgehead atoms. The SMILES string of the molecule is Cn1c(=O)n(CC2CCN(C(=O)Cn3c(=O)oc4ccccc43)CC2)c2ncccc21. The van der Waals surface area contributed by atoms with Gasteiger partial charge in [-0.25, -0.2) is 14.6 Å². The molecule has 0 spiro atoms. The molecule has 0 saturated carbocycles. The number of likely N-dealkylation sites (tertiary alicyclic amines) is 1. The summed E-state index contributed by atoms with van der Waals surface area (Å²) in [5, 5.41) is 0. The van der Waals surface area contributed by atoms with Crippen LogP contribution in [0.3, 0.4) is 0 Å². The number of aryl methyl sites for hydroxylation is 1. The number of hydrogen-bond donors (Lipinski definition) is 0. The van der Waals surface area contributed by atoms with E-state index in [9.17, 15) is 14.4 Å². The number of carbonyl (C=O) groups excluding carboxylic acids is 1.